The molecule has 1 aromatic carbocycles. The first kappa shape index (κ1) is 12.5. The lowest BCUT2D eigenvalue weighted by Gasteiger charge is -2.07. The van der Waals surface area contributed by atoms with Gasteiger partial charge in [-0.25, -0.2) is 0 Å². The minimum atomic E-state index is 1.07. The highest BCUT2D eigenvalue weighted by atomic mass is 32.1. The van der Waals surface area contributed by atoms with Gasteiger partial charge in [0.05, 0.1) is 10.2 Å². The van der Waals surface area contributed by atoms with Gasteiger partial charge in [-0.15, -0.1) is 11.3 Å². The first-order chi connectivity index (χ1) is 10.2. The number of hydrogen-bond donors (Lipinski definition) is 1. The minimum absolute atomic E-state index is 1.07. The van der Waals surface area contributed by atoms with Crippen LogP contribution in [0.25, 0.3) is 26.7 Å². The van der Waals surface area contributed by atoms with Gasteiger partial charge in [-0.05, 0) is 30.0 Å². The van der Waals surface area contributed by atoms with Crippen LogP contribution in [0.15, 0.2) is 48.5 Å². The van der Waals surface area contributed by atoms with E-state index in [4.69, 9.17) is 0 Å². The summed E-state index contributed by atoms with van der Waals surface area (Å²) in [6.45, 7) is 6.48. The monoisotopic (exact) mass is 292 g/mol. The number of nitrogens with one attached hydrogen (secondary N) is 1. The molecule has 0 amide bonds. The summed E-state index contributed by atoms with van der Waals surface area (Å²) < 4.78 is 3.53. The standard InChI is InChI=1S/C18H16N2S/c1-11-5-4-6-13-14(10-19-18(11)13)12(2)16-9-17-15(20(16)3)7-8-21-17/h4-10,19H,2H2,1,3H3. The molecule has 3 aromatic heterocycles. The van der Waals surface area contributed by atoms with Crippen LogP contribution >= 0.6 is 11.3 Å². The van der Waals surface area contributed by atoms with E-state index in [0.29, 0.717) is 0 Å². The quantitative estimate of drug-likeness (QED) is 0.531. The summed E-state index contributed by atoms with van der Waals surface area (Å²) in [5.74, 6) is 0. The zero-order chi connectivity index (χ0) is 14.6. The van der Waals surface area contributed by atoms with Gasteiger partial charge in [0.2, 0.25) is 0 Å². The zero-order valence-electron chi connectivity index (χ0n) is 12.1. The molecule has 3 heterocycles. The topological polar surface area (TPSA) is 20.7 Å². The highest BCUT2D eigenvalue weighted by molar-refractivity contribution is 7.17. The van der Waals surface area contributed by atoms with Crippen molar-refractivity contribution in [3.05, 3.63) is 65.3 Å². The summed E-state index contributed by atoms with van der Waals surface area (Å²) in [7, 11) is 2.11. The van der Waals surface area contributed by atoms with Gasteiger partial charge in [0.15, 0.2) is 0 Å². The Morgan fingerprint density at radius 3 is 2.95 bits per heavy atom. The van der Waals surface area contributed by atoms with Crippen molar-refractivity contribution in [2.24, 2.45) is 7.05 Å². The molecule has 0 fully saturated rings. The molecule has 0 bridgehead atoms. The lowest BCUT2D eigenvalue weighted by Crippen LogP contribution is -1.95. The molecule has 104 valence electrons. The fourth-order valence-electron chi connectivity index (χ4n) is 3.03. The van der Waals surface area contributed by atoms with Crippen molar-refractivity contribution in [3.8, 4) is 0 Å². The molecule has 0 radical (unpaired) electrons. The minimum Gasteiger partial charge on any atom is -0.360 e. The molecule has 1 N–H and O–H groups in total. The fraction of sp³-hybridized carbons (Fsp3) is 0.111. The van der Waals surface area contributed by atoms with Crippen LogP contribution in [-0.2, 0) is 7.05 Å². The Hall–Kier alpha value is -2.26. The van der Waals surface area contributed by atoms with Crippen molar-refractivity contribution in [2.45, 2.75) is 6.92 Å². The van der Waals surface area contributed by atoms with Crippen LogP contribution in [0.4, 0.5) is 0 Å². The maximum absolute atomic E-state index is 4.35. The first-order valence-corrected chi connectivity index (χ1v) is 7.84. The van der Waals surface area contributed by atoms with Gasteiger partial charge in [0.1, 0.15) is 0 Å². The van der Waals surface area contributed by atoms with Crippen molar-refractivity contribution in [1.29, 1.82) is 0 Å². The number of thiophene rings is 1. The van der Waals surface area contributed by atoms with E-state index in [1.54, 1.807) is 11.3 Å². The number of aromatic nitrogens is 2. The normalized spacial score (nSPS) is 11.5. The van der Waals surface area contributed by atoms with Crippen LogP contribution < -0.4 is 0 Å². The van der Waals surface area contributed by atoms with E-state index in [2.05, 4.69) is 72.0 Å². The van der Waals surface area contributed by atoms with Gasteiger partial charge in [-0.2, -0.15) is 0 Å². The van der Waals surface area contributed by atoms with Crippen molar-refractivity contribution in [3.63, 3.8) is 0 Å². The third-order valence-electron chi connectivity index (χ3n) is 4.22. The van der Waals surface area contributed by atoms with Crippen molar-refractivity contribution in [1.82, 2.24) is 9.55 Å². The molecule has 3 heteroatoms. The van der Waals surface area contributed by atoms with Crippen LogP contribution in [0.3, 0.4) is 0 Å². The van der Waals surface area contributed by atoms with Gasteiger partial charge in [-0.3, -0.25) is 0 Å². The molecule has 0 aliphatic carbocycles. The lowest BCUT2D eigenvalue weighted by atomic mass is 10.0. The summed E-state index contributed by atoms with van der Waals surface area (Å²) in [6.07, 6.45) is 2.07. The van der Waals surface area contributed by atoms with Crippen LogP contribution in [0.5, 0.6) is 0 Å². The number of rotatable bonds is 2. The smallest absolute Gasteiger partial charge is 0.0592 e. The number of hydrogen-bond acceptors (Lipinski definition) is 1. The molecule has 2 nitrogen and oxygen atoms in total. The maximum atomic E-state index is 4.35. The first-order valence-electron chi connectivity index (χ1n) is 6.96. The fourth-order valence-corrected chi connectivity index (χ4v) is 3.88. The number of H-pyrrole nitrogens is 1. The number of fused-ring (bicyclic) bond motifs is 2. The Labute approximate surface area is 127 Å². The number of benzene rings is 1. The third-order valence-corrected chi connectivity index (χ3v) is 5.08. The van der Waals surface area contributed by atoms with Gasteiger partial charge < -0.3 is 9.55 Å². The van der Waals surface area contributed by atoms with E-state index in [0.717, 1.165) is 5.57 Å². The highest BCUT2D eigenvalue weighted by Crippen LogP contribution is 2.33. The van der Waals surface area contributed by atoms with Crippen LogP contribution in [0.1, 0.15) is 16.8 Å². The third kappa shape index (κ3) is 1.71. The molecule has 0 saturated heterocycles. The maximum Gasteiger partial charge on any atom is 0.0592 e. The molecule has 0 atom stereocenters. The molecule has 0 spiro atoms. The van der Waals surface area contributed by atoms with E-state index < -0.39 is 0 Å². The SMILES string of the molecule is C=C(c1c[nH]c2c(C)cccc12)c1cc2sccc2n1C. The Morgan fingerprint density at radius 1 is 1.29 bits per heavy atom. The second-order valence-corrected chi connectivity index (χ2v) is 6.38. The highest BCUT2D eigenvalue weighted by Gasteiger charge is 2.14. The lowest BCUT2D eigenvalue weighted by molar-refractivity contribution is 0.950. The summed E-state index contributed by atoms with van der Waals surface area (Å²) in [5, 5.41) is 3.37. The number of aryl methyl sites for hydroxylation is 2. The Bertz CT molecular complexity index is 981. The Morgan fingerprint density at radius 2 is 2.14 bits per heavy atom. The Kier molecular flexibility index (Phi) is 2.59. The zero-order valence-corrected chi connectivity index (χ0v) is 12.9. The van der Waals surface area contributed by atoms with Gasteiger partial charge in [-0.1, -0.05) is 24.8 Å². The average Bonchev–Trinajstić information content (AvgIpc) is 3.15. The predicted octanol–water partition coefficient (Wildman–Crippen LogP) is 5.09. The Balaban J connectivity index is 1.92. The molecular weight excluding hydrogens is 276 g/mol. The van der Waals surface area contributed by atoms with E-state index >= 15 is 0 Å². The summed E-state index contributed by atoms with van der Waals surface area (Å²) in [5.41, 5.74) is 7.16. The summed E-state index contributed by atoms with van der Waals surface area (Å²) in [6, 6.07) is 10.8. The molecule has 0 aliphatic rings. The van der Waals surface area contributed by atoms with E-state index in [9.17, 15) is 0 Å². The van der Waals surface area contributed by atoms with Crippen LogP contribution in [-0.4, -0.2) is 9.55 Å². The molecule has 0 unspecified atom stereocenters. The van der Waals surface area contributed by atoms with Crippen molar-refractivity contribution >= 4 is 38.0 Å². The second-order valence-electron chi connectivity index (χ2n) is 5.44. The van der Waals surface area contributed by atoms with Crippen LogP contribution in [0, 0.1) is 6.92 Å². The molecule has 4 aromatic rings. The number of nitrogens with zero attached hydrogens (tertiary/aromatic N) is 1. The van der Waals surface area contributed by atoms with Gasteiger partial charge >= 0.3 is 0 Å². The predicted molar refractivity (Wildman–Crippen MR) is 92.0 cm³/mol. The largest absolute Gasteiger partial charge is 0.360 e. The van der Waals surface area contributed by atoms with E-state index in [-0.39, 0.29) is 0 Å². The van der Waals surface area contributed by atoms with E-state index in [1.165, 1.54) is 37.9 Å². The van der Waals surface area contributed by atoms with E-state index in [1.807, 2.05) is 0 Å². The van der Waals surface area contributed by atoms with Crippen molar-refractivity contribution < 1.29 is 0 Å². The number of aromatic amines is 1. The van der Waals surface area contributed by atoms with Gasteiger partial charge in [0.25, 0.3) is 0 Å². The average molecular weight is 292 g/mol. The van der Waals surface area contributed by atoms with Crippen molar-refractivity contribution in [2.75, 3.05) is 0 Å². The second kappa shape index (κ2) is 4.37. The summed E-state index contributed by atoms with van der Waals surface area (Å²) in [4.78, 5) is 3.39. The summed E-state index contributed by atoms with van der Waals surface area (Å²) >= 11 is 1.77. The molecule has 0 aliphatic heterocycles. The molecule has 0 saturated carbocycles. The number of para-hydroxylation sites is 1. The molecule has 4 rings (SSSR count). The molecule has 21 heavy (non-hydrogen) atoms. The van der Waals surface area contributed by atoms with Gasteiger partial charge in [0, 0.05) is 41.0 Å². The van der Waals surface area contributed by atoms with Crippen LogP contribution in [0.2, 0.25) is 0 Å². The molecular formula is C18H16N2S.